The van der Waals surface area contributed by atoms with Crippen LogP contribution >= 0.6 is 0 Å². The molecule has 0 N–H and O–H groups in total. The van der Waals surface area contributed by atoms with Crippen molar-refractivity contribution in [1.29, 1.82) is 0 Å². The van der Waals surface area contributed by atoms with Crippen molar-refractivity contribution in [2.24, 2.45) is 0 Å². The summed E-state index contributed by atoms with van der Waals surface area (Å²) in [6.07, 6.45) is 5.49. The number of aromatic nitrogens is 4. The molecule has 1 atom stereocenters. The molecular weight excluding hydrogens is 777 g/mol. The Morgan fingerprint density at radius 3 is 1.53 bits per heavy atom. The largest absolute Gasteiger partial charge is 0.264 e. The number of pyridine rings is 2. The van der Waals surface area contributed by atoms with Crippen LogP contribution < -0.4 is 0 Å². The molecule has 3 heterocycles. The second-order valence-corrected chi connectivity index (χ2v) is 17.8. The summed E-state index contributed by atoms with van der Waals surface area (Å²) in [5, 5.41) is 0. The lowest BCUT2D eigenvalue weighted by molar-refractivity contribution is 0.660. The highest BCUT2D eigenvalue weighted by Crippen LogP contribution is 2.64. The average Bonchev–Trinajstić information content (AvgIpc) is 3.73. The summed E-state index contributed by atoms with van der Waals surface area (Å²) >= 11 is 0. The molecule has 0 aliphatic heterocycles. The Labute approximate surface area is 372 Å². The van der Waals surface area contributed by atoms with Crippen molar-refractivity contribution in [2.75, 3.05) is 0 Å². The highest BCUT2D eigenvalue weighted by atomic mass is 14.9. The van der Waals surface area contributed by atoms with Crippen LogP contribution in [0.25, 0.3) is 89.7 Å². The fourth-order valence-electron chi connectivity index (χ4n) is 11.1. The molecule has 4 heteroatoms. The van der Waals surface area contributed by atoms with Crippen LogP contribution in [-0.2, 0) is 10.8 Å². The molecule has 0 amide bonds. The zero-order chi connectivity index (χ0) is 42.6. The average molecular weight is 817 g/mol. The summed E-state index contributed by atoms with van der Waals surface area (Å²) in [6.45, 7) is 4.76. The predicted molar refractivity (Wildman–Crippen MR) is 259 cm³/mol. The number of rotatable bonds is 4. The molecule has 0 radical (unpaired) electrons. The maximum atomic E-state index is 5.39. The maximum Gasteiger partial charge on any atom is 0.161 e. The molecular formula is C60H40N4. The van der Waals surface area contributed by atoms with Crippen LogP contribution in [0.4, 0.5) is 0 Å². The van der Waals surface area contributed by atoms with Crippen LogP contribution in [-0.4, -0.2) is 19.9 Å². The molecule has 3 aromatic heterocycles. The molecule has 0 saturated heterocycles. The Morgan fingerprint density at radius 1 is 0.328 bits per heavy atom. The standard InChI is InChI=1S/C60H40N4/c1-59(2)49-23-11-8-21-44(49)47-33-54-48(32-52(47)59)45-22-10-13-25-51(45)60(54)50-24-12-9-20-43(50)41-18-6-7-19-42(41)46-28-26-38(31-53(46)60)57-34-56(37-15-4-3-5-16-37)63-58(64-57)40-27-29-55(62-36-40)39-17-14-30-61-35-39/h3-36H,1-2H3. The normalized spacial score (nSPS) is 15.5. The van der Waals surface area contributed by atoms with Crippen LogP contribution in [0.3, 0.4) is 0 Å². The maximum absolute atomic E-state index is 5.39. The lowest BCUT2D eigenvalue weighted by Gasteiger charge is -2.36. The smallest absolute Gasteiger partial charge is 0.161 e. The van der Waals surface area contributed by atoms with E-state index in [0.717, 1.165) is 39.3 Å². The molecule has 1 spiro atoms. The topological polar surface area (TPSA) is 51.6 Å². The van der Waals surface area contributed by atoms with E-state index in [2.05, 4.69) is 183 Å². The van der Waals surface area contributed by atoms with E-state index in [1.807, 2.05) is 36.7 Å². The van der Waals surface area contributed by atoms with E-state index in [-0.39, 0.29) is 5.41 Å². The molecule has 0 fully saturated rings. The van der Waals surface area contributed by atoms with Gasteiger partial charge in [-0.05, 0) is 126 Å². The van der Waals surface area contributed by atoms with Gasteiger partial charge in [-0.2, -0.15) is 0 Å². The fraction of sp³-hybridized carbons (Fsp3) is 0.0667. The summed E-state index contributed by atoms with van der Waals surface area (Å²) in [5.74, 6) is 0.621. The second-order valence-electron chi connectivity index (χ2n) is 17.8. The predicted octanol–water partition coefficient (Wildman–Crippen LogP) is 14.3. The fourth-order valence-corrected chi connectivity index (χ4v) is 11.1. The molecule has 10 aromatic rings. The summed E-state index contributed by atoms with van der Waals surface area (Å²) in [6, 6.07) is 68.9. The van der Waals surface area contributed by atoms with E-state index < -0.39 is 5.41 Å². The van der Waals surface area contributed by atoms with Crippen molar-refractivity contribution >= 4 is 0 Å². The van der Waals surface area contributed by atoms with Crippen molar-refractivity contribution < 1.29 is 0 Å². The van der Waals surface area contributed by atoms with E-state index >= 15 is 0 Å². The van der Waals surface area contributed by atoms with E-state index in [4.69, 9.17) is 15.0 Å². The minimum atomic E-state index is -0.659. The first-order valence-electron chi connectivity index (χ1n) is 22.0. The summed E-state index contributed by atoms with van der Waals surface area (Å²) in [7, 11) is 0. The van der Waals surface area contributed by atoms with Crippen molar-refractivity contribution in [3.63, 3.8) is 0 Å². The Kier molecular flexibility index (Phi) is 7.83. The van der Waals surface area contributed by atoms with Gasteiger partial charge in [0.25, 0.3) is 0 Å². The van der Waals surface area contributed by atoms with Crippen molar-refractivity contribution in [1.82, 2.24) is 19.9 Å². The summed E-state index contributed by atoms with van der Waals surface area (Å²) < 4.78 is 0. The van der Waals surface area contributed by atoms with Gasteiger partial charge in [0.1, 0.15) is 0 Å². The number of hydrogen-bond donors (Lipinski definition) is 0. The van der Waals surface area contributed by atoms with E-state index in [1.54, 1.807) is 6.20 Å². The van der Waals surface area contributed by atoms with E-state index in [9.17, 15) is 0 Å². The number of hydrogen-bond acceptors (Lipinski definition) is 4. The highest BCUT2D eigenvalue weighted by Gasteiger charge is 2.51. The zero-order valence-corrected chi connectivity index (χ0v) is 35.4. The van der Waals surface area contributed by atoms with E-state index in [1.165, 1.54) is 77.9 Å². The lowest BCUT2D eigenvalue weighted by Crippen LogP contribution is -2.29. The van der Waals surface area contributed by atoms with Gasteiger partial charge in [0.2, 0.25) is 0 Å². The number of nitrogens with zero attached hydrogens (tertiary/aromatic N) is 4. The summed E-state index contributed by atoms with van der Waals surface area (Å²) in [4.78, 5) is 19.8. The molecule has 13 rings (SSSR count). The molecule has 300 valence electrons. The van der Waals surface area contributed by atoms with Gasteiger partial charge in [0, 0.05) is 46.3 Å². The Balaban J connectivity index is 1.10. The Bertz CT molecular complexity index is 3520. The van der Waals surface area contributed by atoms with Gasteiger partial charge in [0.05, 0.1) is 22.5 Å². The molecule has 1 unspecified atom stereocenters. The van der Waals surface area contributed by atoms with Crippen LogP contribution in [0.1, 0.15) is 47.2 Å². The van der Waals surface area contributed by atoms with Crippen LogP contribution in [0.15, 0.2) is 207 Å². The first kappa shape index (κ1) is 36.6. The first-order valence-corrected chi connectivity index (χ1v) is 22.0. The third-order valence-electron chi connectivity index (χ3n) is 14.1. The molecule has 3 aliphatic carbocycles. The van der Waals surface area contributed by atoms with Crippen molar-refractivity contribution in [3.05, 3.63) is 240 Å². The van der Waals surface area contributed by atoms with Gasteiger partial charge in [0.15, 0.2) is 5.82 Å². The molecule has 0 saturated carbocycles. The minimum Gasteiger partial charge on any atom is -0.264 e. The minimum absolute atomic E-state index is 0.135. The molecule has 0 bridgehead atoms. The first-order chi connectivity index (χ1) is 31.5. The van der Waals surface area contributed by atoms with Crippen LogP contribution in [0.2, 0.25) is 0 Å². The SMILES string of the molecule is CC1(C)c2ccccc2-c2cc3c(cc21)-c1ccccc1C31c2ccccc2-c2ccccc2-c2ccc(-c3cc(-c4ccccc4)nc(-c4ccc(-c5cccnc5)nc4)n3)cc21. The van der Waals surface area contributed by atoms with Gasteiger partial charge in [-0.3, -0.25) is 9.97 Å². The molecule has 64 heavy (non-hydrogen) atoms. The summed E-state index contributed by atoms with van der Waals surface area (Å²) in [5.41, 5.74) is 23.6. The van der Waals surface area contributed by atoms with Crippen LogP contribution in [0, 0.1) is 0 Å². The van der Waals surface area contributed by atoms with Crippen LogP contribution in [0.5, 0.6) is 0 Å². The molecule has 4 nitrogen and oxygen atoms in total. The van der Waals surface area contributed by atoms with Gasteiger partial charge in [-0.1, -0.05) is 153 Å². The number of benzene rings is 7. The van der Waals surface area contributed by atoms with E-state index in [0.29, 0.717) is 5.82 Å². The number of fused-ring (bicyclic) bond motifs is 15. The molecule has 3 aliphatic rings. The quantitative estimate of drug-likeness (QED) is 0.178. The second kappa shape index (κ2) is 13.7. The van der Waals surface area contributed by atoms with Crippen molar-refractivity contribution in [2.45, 2.75) is 24.7 Å². The Hall–Kier alpha value is -8.08. The third-order valence-corrected chi connectivity index (χ3v) is 14.1. The lowest BCUT2D eigenvalue weighted by atomic mass is 9.65. The van der Waals surface area contributed by atoms with Gasteiger partial charge in [-0.25, -0.2) is 9.97 Å². The monoisotopic (exact) mass is 816 g/mol. The molecule has 7 aromatic carbocycles. The van der Waals surface area contributed by atoms with Gasteiger partial charge < -0.3 is 0 Å². The van der Waals surface area contributed by atoms with Gasteiger partial charge >= 0.3 is 0 Å². The Morgan fingerprint density at radius 2 is 0.859 bits per heavy atom. The zero-order valence-electron chi connectivity index (χ0n) is 35.4. The van der Waals surface area contributed by atoms with Gasteiger partial charge in [-0.15, -0.1) is 0 Å². The van der Waals surface area contributed by atoms with Crippen molar-refractivity contribution in [3.8, 4) is 89.7 Å². The highest BCUT2D eigenvalue weighted by molar-refractivity contribution is 5.99. The third kappa shape index (κ3) is 5.17.